The Bertz CT molecular complexity index is 801. The van der Waals surface area contributed by atoms with E-state index in [0.717, 1.165) is 5.56 Å². The first-order valence-electron chi connectivity index (χ1n) is 7.97. The van der Waals surface area contributed by atoms with Crippen molar-refractivity contribution in [2.75, 3.05) is 13.7 Å². The zero-order valence-electron chi connectivity index (χ0n) is 14.2. The van der Waals surface area contributed by atoms with Crippen LogP contribution in [0.5, 0.6) is 5.75 Å². The molecule has 0 saturated heterocycles. The number of amides is 2. The van der Waals surface area contributed by atoms with Crippen LogP contribution in [0.25, 0.3) is 0 Å². The summed E-state index contributed by atoms with van der Waals surface area (Å²) in [5, 5.41) is 5.33. The van der Waals surface area contributed by atoms with Crippen LogP contribution in [0.15, 0.2) is 47.4 Å². The molecule has 1 atom stereocenters. The topological polar surface area (TPSA) is 100 Å². The zero-order chi connectivity index (χ0) is 18.2. The monoisotopic (exact) mass is 343 g/mol. The molecule has 0 aliphatic heterocycles. The van der Waals surface area contributed by atoms with E-state index in [2.05, 4.69) is 15.6 Å². The van der Waals surface area contributed by atoms with Gasteiger partial charge in [-0.1, -0.05) is 25.1 Å². The van der Waals surface area contributed by atoms with E-state index in [1.54, 1.807) is 18.2 Å². The minimum Gasteiger partial charge on any atom is -0.483 e. The number of carbonyl (C=O) groups excluding carboxylic acids is 2. The van der Waals surface area contributed by atoms with Crippen LogP contribution in [0.1, 0.15) is 35.3 Å². The van der Waals surface area contributed by atoms with Gasteiger partial charge in [0, 0.05) is 18.8 Å². The number of aromatic nitrogens is 1. The van der Waals surface area contributed by atoms with Crippen molar-refractivity contribution in [3.63, 3.8) is 0 Å². The van der Waals surface area contributed by atoms with Gasteiger partial charge in [0.25, 0.3) is 17.4 Å². The third-order valence-corrected chi connectivity index (χ3v) is 3.71. The highest BCUT2D eigenvalue weighted by Gasteiger charge is 2.19. The first-order valence-corrected chi connectivity index (χ1v) is 7.97. The lowest BCUT2D eigenvalue weighted by molar-refractivity contribution is -0.122. The Morgan fingerprint density at radius 3 is 2.64 bits per heavy atom. The minimum atomic E-state index is -0.463. The average molecular weight is 343 g/mol. The molecule has 3 N–H and O–H groups in total. The van der Waals surface area contributed by atoms with Crippen molar-refractivity contribution < 1.29 is 14.3 Å². The molecule has 0 saturated carbocycles. The van der Waals surface area contributed by atoms with Crippen molar-refractivity contribution >= 4 is 11.8 Å². The number of likely N-dealkylation sites (N-methyl/N-ethyl adjacent to an activating group) is 1. The van der Waals surface area contributed by atoms with Crippen LogP contribution in [-0.4, -0.2) is 30.5 Å². The van der Waals surface area contributed by atoms with Gasteiger partial charge >= 0.3 is 0 Å². The number of pyridine rings is 1. The quantitative estimate of drug-likeness (QED) is 0.707. The number of rotatable bonds is 7. The summed E-state index contributed by atoms with van der Waals surface area (Å²) >= 11 is 0. The van der Waals surface area contributed by atoms with Gasteiger partial charge in [-0.2, -0.15) is 0 Å². The average Bonchev–Trinajstić information content (AvgIpc) is 2.64. The highest BCUT2D eigenvalue weighted by atomic mass is 16.5. The van der Waals surface area contributed by atoms with E-state index in [9.17, 15) is 14.4 Å². The number of H-pyrrole nitrogens is 1. The molecule has 25 heavy (non-hydrogen) atoms. The fourth-order valence-corrected chi connectivity index (χ4v) is 2.35. The molecule has 0 bridgehead atoms. The molecule has 1 aromatic heterocycles. The summed E-state index contributed by atoms with van der Waals surface area (Å²) in [4.78, 5) is 38.0. The molecule has 0 aliphatic rings. The summed E-state index contributed by atoms with van der Waals surface area (Å²) in [5.74, 6) is -0.197. The molecule has 2 rings (SSSR count). The number of para-hydroxylation sites is 1. The third kappa shape index (κ3) is 4.69. The van der Waals surface area contributed by atoms with E-state index in [1.807, 2.05) is 19.1 Å². The number of aromatic amines is 1. The normalized spacial score (nSPS) is 11.4. The SMILES string of the molecule is CC[C@H](NC(=O)c1ccc[nH]c1=O)c1ccccc1OCC(=O)NC. The van der Waals surface area contributed by atoms with Gasteiger partial charge in [-0.15, -0.1) is 0 Å². The van der Waals surface area contributed by atoms with Crippen LogP contribution >= 0.6 is 0 Å². The van der Waals surface area contributed by atoms with Gasteiger partial charge in [0.05, 0.1) is 6.04 Å². The van der Waals surface area contributed by atoms with Crippen molar-refractivity contribution in [3.05, 3.63) is 64.1 Å². The molecule has 7 nitrogen and oxygen atoms in total. The molecule has 7 heteroatoms. The number of hydrogen-bond acceptors (Lipinski definition) is 4. The van der Waals surface area contributed by atoms with E-state index in [-0.39, 0.29) is 24.1 Å². The van der Waals surface area contributed by atoms with Gasteiger partial charge < -0.3 is 20.4 Å². The molecule has 1 heterocycles. The maximum atomic E-state index is 12.4. The minimum absolute atomic E-state index is 0.0460. The van der Waals surface area contributed by atoms with Crippen molar-refractivity contribution in [2.45, 2.75) is 19.4 Å². The van der Waals surface area contributed by atoms with Crippen LogP contribution < -0.4 is 20.9 Å². The Morgan fingerprint density at radius 1 is 1.20 bits per heavy atom. The second-order valence-electron chi connectivity index (χ2n) is 5.35. The lowest BCUT2D eigenvalue weighted by Gasteiger charge is -2.20. The van der Waals surface area contributed by atoms with E-state index in [0.29, 0.717) is 12.2 Å². The van der Waals surface area contributed by atoms with E-state index >= 15 is 0 Å². The van der Waals surface area contributed by atoms with Crippen LogP contribution in [0.2, 0.25) is 0 Å². The van der Waals surface area contributed by atoms with Crippen molar-refractivity contribution in [1.29, 1.82) is 0 Å². The maximum absolute atomic E-state index is 12.4. The molecule has 0 radical (unpaired) electrons. The van der Waals surface area contributed by atoms with Crippen molar-refractivity contribution in [1.82, 2.24) is 15.6 Å². The second kappa shape index (κ2) is 8.68. The van der Waals surface area contributed by atoms with Gasteiger partial charge in [-0.05, 0) is 24.6 Å². The number of ether oxygens (including phenoxy) is 1. The van der Waals surface area contributed by atoms with E-state index in [4.69, 9.17) is 4.74 Å². The zero-order valence-corrected chi connectivity index (χ0v) is 14.2. The lowest BCUT2D eigenvalue weighted by atomic mass is 10.0. The summed E-state index contributed by atoms with van der Waals surface area (Å²) in [6.07, 6.45) is 2.06. The second-order valence-corrected chi connectivity index (χ2v) is 5.35. The molecule has 0 unspecified atom stereocenters. The molecule has 2 aromatic rings. The van der Waals surface area contributed by atoms with Gasteiger partial charge in [-0.3, -0.25) is 14.4 Å². The smallest absolute Gasteiger partial charge is 0.260 e. The summed E-state index contributed by atoms with van der Waals surface area (Å²) in [6.45, 7) is 1.80. The van der Waals surface area contributed by atoms with Gasteiger partial charge in [0.2, 0.25) is 0 Å². The molecule has 132 valence electrons. The van der Waals surface area contributed by atoms with Crippen LogP contribution in [0, 0.1) is 0 Å². The highest BCUT2D eigenvalue weighted by molar-refractivity contribution is 5.94. The fraction of sp³-hybridized carbons (Fsp3) is 0.278. The Morgan fingerprint density at radius 2 is 1.96 bits per heavy atom. The first-order chi connectivity index (χ1) is 12.1. The van der Waals surface area contributed by atoms with Crippen LogP contribution in [-0.2, 0) is 4.79 Å². The van der Waals surface area contributed by atoms with E-state index < -0.39 is 11.5 Å². The fourth-order valence-electron chi connectivity index (χ4n) is 2.35. The van der Waals surface area contributed by atoms with Crippen LogP contribution in [0.3, 0.4) is 0 Å². The summed E-state index contributed by atoms with van der Waals surface area (Å²) in [5.41, 5.74) is 0.346. The van der Waals surface area contributed by atoms with Crippen molar-refractivity contribution in [3.8, 4) is 5.75 Å². The van der Waals surface area contributed by atoms with Gasteiger partial charge in [0.15, 0.2) is 6.61 Å². The predicted molar refractivity (Wildman–Crippen MR) is 93.6 cm³/mol. The summed E-state index contributed by atoms with van der Waals surface area (Å²) in [6, 6.07) is 9.89. The van der Waals surface area contributed by atoms with Gasteiger partial charge in [0.1, 0.15) is 11.3 Å². The molecule has 1 aromatic carbocycles. The molecular formula is C18H21N3O4. The standard InChI is InChI=1S/C18H21N3O4/c1-3-14(21-18(24)13-8-6-10-20-17(13)23)12-7-4-5-9-15(12)25-11-16(22)19-2/h4-10,14H,3,11H2,1-2H3,(H,19,22)(H,20,23)(H,21,24)/t14-/m0/s1. The highest BCUT2D eigenvalue weighted by Crippen LogP contribution is 2.27. The number of hydrogen-bond donors (Lipinski definition) is 3. The largest absolute Gasteiger partial charge is 0.483 e. The molecule has 0 fully saturated rings. The lowest BCUT2D eigenvalue weighted by Crippen LogP contribution is -2.32. The van der Waals surface area contributed by atoms with E-state index in [1.165, 1.54) is 19.3 Å². The summed E-state index contributed by atoms with van der Waals surface area (Å²) in [7, 11) is 1.53. The molecule has 0 aliphatic carbocycles. The summed E-state index contributed by atoms with van der Waals surface area (Å²) < 4.78 is 5.55. The molecule has 2 amide bonds. The Balaban J connectivity index is 2.20. The number of carbonyl (C=O) groups is 2. The Labute approximate surface area is 145 Å². The number of nitrogens with one attached hydrogen (secondary N) is 3. The maximum Gasteiger partial charge on any atom is 0.260 e. The number of benzene rings is 1. The van der Waals surface area contributed by atoms with Crippen LogP contribution in [0.4, 0.5) is 0 Å². The Kier molecular flexibility index (Phi) is 6.33. The van der Waals surface area contributed by atoms with Gasteiger partial charge in [-0.25, -0.2) is 0 Å². The third-order valence-electron chi connectivity index (χ3n) is 3.71. The molecular weight excluding hydrogens is 322 g/mol. The first kappa shape index (κ1) is 18.3. The molecule has 0 spiro atoms. The van der Waals surface area contributed by atoms with Crippen molar-refractivity contribution in [2.24, 2.45) is 0 Å². The predicted octanol–water partition coefficient (Wildman–Crippen LogP) is 1.38. The Hall–Kier alpha value is -3.09.